The molecule has 0 aliphatic rings. The number of aryl methyl sites for hydroxylation is 1. The number of hydrogen-bond donors (Lipinski definition) is 1. The lowest BCUT2D eigenvalue weighted by Gasteiger charge is -2.19. The van der Waals surface area contributed by atoms with Crippen molar-refractivity contribution in [3.05, 3.63) is 59.7 Å². The predicted octanol–water partition coefficient (Wildman–Crippen LogP) is 4.58. The van der Waals surface area contributed by atoms with E-state index in [1.54, 1.807) is 0 Å². The molecule has 0 spiro atoms. The fraction of sp³-hybridized carbons (Fsp3) is 0.368. The van der Waals surface area contributed by atoms with E-state index in [1.165, 1.54) is 11.1 Å². The molecular formula is C19H25NO. The highest BCUT2D eigenvalue weighted by Crippen LogP contribution is 2.25. The van der Waals surface area contributed by atoms with E-state index in [0.29, 0.717) is 0 Å². The molecule has 0 aromatic heterocycles. The summed E-state index contributed by atoms with van der Waals surface area (Å²) in [5, 5.41) is 0. The first kappa shape index (κ1) is 15.4. The summed E-state index contributed by atoms with van der Waals surface area (Å²) >= 11 is 0. The van der Waals surface area contributed by atoms with E-state index in [4.69, 9.17) is 10.5 Å². The van der Waals surface area contributed by atoms with Crippen molar-refractivity contribution in [2.45, 2.75) is 39.0 Å². The van der Waals surface area contributed by atoms with E-state index in [1.807, 2.05) is 24.3 Å². The summed E-state index contributed by atoms with van der Waals surface area (Å²) in [5.41, 5.74) is 9.33. The van der Waals surface area contributed by atoms with Crippen molar-refractivity contribution in [3.8, 4) is 5.75 Å². The minimum Gasteiger partial charge on any atom is -0.494 e. The Bertz CT molecular complexity index is 584. The lowest BCUT2D eigenvalue weighted by Crippen LogP contribution is -2.11. The molecule has 0 heterocycles. The molecular weight excluding hydrogens is 258 g/mol. The number of ether oxygens (including phenoxy) is 1. The van der Waals surface area contributed by atoms with Crippen LogP contribution in [0.25, 0.3) is 0 Å². The van der Waals surface area contributed by atoms with E-state index >= 15 is 0 Å². The normalized spacial score (nSPS) is 11.4. The minimum absolute atomic E-state index is 0.154. The molecule has 0 amide bonds. The standard InChI is InChI=1S/C19H25NO/c1-19(2,3)16-9-5-11-18(14-16)21-12-6-8-15-7-4-10-17(20)13-15/h4-5,7,9-11,13-14H,6,8,12,20H2,1-3H3. The van der Waals surface area contributed by atoms with Gasteiger partial charge in [0.2, 0.25) is 0 Å². The number of benzene rings is 2. The van der Waals surface area contributed by atoms with Gasteiger partial charge < -0.3 is 10.5 Å². The molecule has 0 bridgehead atoms. The maximum atomic E-state index is 5.86. The van der Waals surface area contributed by atoms with Gasteiger partial charge in [0.25, 0.3) is 0 Å². The van der Waals surface area contributed by atoms with Gasteiger partial charge in [-0.2, -0.15) is 0 Å². The quantitative estimate of drug-likeness (QED) is 0.644. The summed E-state index contributed by atoms with van der Waals surface area (Å²) in [7, 11) is 0. The van der Waals surface area contributed by atoms with Crippen LogP contribution in [0.5, 0.6) is 5.75 Å². The Balaban J connectivity index is 1.84. The van der Waals surface area contributed by atoms with Crippen LogP contribution >= 0.6 is 0 Å². The monoisotopic (exact) mass is 283 g/mol. The molecule has 2 heteroatoms. The number of rotatable bonds is 5. The van der Waals surface area contributed by atoms with E-state index in [-0.39, 0.29) is 5.41 Å². The van der Waals surface area contributed by atoms with Crippen molar-refractivity contribution in [3.63, 3.8) is 0 Å². The van der Waals surface area contributed by atoms with Crippen molar-refractivity contribution in [2.24, 2.45) is 0 Å². The topological polar surface area (TPSA) is 35.2 Å². The third kappa shape index (κ3) is 4.82. The largest absolute Gasteiger partial charge is 0.494 e. The van der Waals surface area contributed by atoms with E-state index in [0.717, 1.165) is 30.9 Å². The van der Waals surface area contributed by atoms with E-state index < -0.39 is 0 Å². The Hall–Kier alpha value is -1.96. The van der Waals surface area contributed by atoms with Gasteiger partial charge in [0.15, 0.2) is 0 Å². The SMILES string of the molecule is CC(C)(C)c1cccc(OCCCc2cccc(N)c2)c1. The molecule has 0 unspecified atom stereocenters. The van der Waals surface area contributed by atoms with Crippen LogP contribution in [-0.2, 0) is 11.8 Å². The van der Waals surface area contributed by atoms with E-state index in [9.17, 15) is 0 Å². The highest BCUT2D eigenvalue weighted by Gasteiger charge is 2.13. The Labute approximate surface area is 127 Å². The molecule has 0 saturated heterocycles. The summed E-state index contributed by atoms with van der Waals surface area (Å²) in [6.45, 7) is 7.37. The van der Waals surface area contributed by atoms with Gasteiger partial charge in [0.05, 0.1) is 6.61 Å². The van der Waals surface area contributed by atoms with Crippen LogP contribution in [0.15, 0.2) is 48.5 Å². The summed E-state index contributed by atoms with van der Waals surface area (Å²) in [5.74, 6) is 0.954. The Kier molecular flexibility index (Phi) is 4.89. The summed E-state index contributed by atoms with van der Waals surface area (Å²) < 4.78 is 5.86. The van der Waals surface area contributed by atoms with Crippen molar-refractivity contribution in [1.82, 2.24) is 0 Å². The van der Waals surface area contributed by atoms with E-state index in [2.05, 4.69) is 45.0 Å². The summed E-state index contributed by atoms with van der Waals surface area (Å²) in [4.78, 5) is 0. The van der Waals surface area contributed by atoms with Gasteiger partial charge in [-0.05, 0) is 53.6 Å². The molecule has 21 heavy (non-hydrogen) atoms. The van der Waals surface area contributed by atoms with Gasteiger partial charge in [0.1, 0.15) is 5.75 Å². The second kappa shape index (κ2) is 6.66. The number of nitrogen functional groups attached to an aromatic ring is 1. The highest BCUT2D eigenvalue weighted by molar-refractivity contribution is 5.40. The van der Waals surface area contributed by atoms with Gasteiger partial charge in [-0.3, -0.25) is 0 Å². The predicted molar refractivity (Wildman–Crippen MR) is 89.8 cm³/mol. The summed E-state index contributed by atoms with van der Waals surface area (Å²) in [6, 6.07) is 16.4. The molecule has 0 saturated carbocycles. The van der Waals surface area contributed by atoms with Crippen molar-refractivity contribution in [2.75, 3.05) is 12.3 Å². The maximum Gasteiger partial charge on any atom is 0.119 e. The second-order valence-corrected chi connectivity index (χ2v) is 6.47. The first-order chi connectivity index (χ1) is 9.95. The zero-order chi connectivity index (χ0) is 15.3. The highest BCUT2D eigenvalue weighted by atomic mass is 16.5. The van der Waals surface area contributed by atoms with Crippen LogP contribution in [0.2, 0.25) is 0 Å². The van der Waals surface area contributed by atoms with Crippen LogP contribution in [0, 0.1) is 0 Å². The molecule has 2 N–H and O–H groups in total. The third-order valence-corrected chi connectivity index (χ3v) is 3.53. The Morgan fingerprint density at radius 2 is 1.76 bits per heavy atom. The lowest BCUT2D eigenvalue weighted by atomic mass is 9.87. The fourth-order valence-electron chi connectivity index (χ4n) is 2.27. The number of anilines is 1. The zero-order valence-electron chi connectivity index (χ0n) is 13.2. The van der Waals surface area contributed by atoms with Gasteiger partial charge >= 0.3 is 0 Å². The number of hydrogen-bond acceptors (Lipinski definition) is 2. The smallest absolute Gasteiger partial charge is 0.119 e. The third-order valence-electron chi connectivity index (χ3n) is 3.53. The minimum atomic E-state index is 0.154. The van der Waals surface area contributed by atoms with Crippen LogP contribution in [0.3, 0.4) is 0 Å². The van der Waals surface area contributed by atoms with Crippen molar-refractivity contribution >= 4 is 5.69 Å². The van der Waals surface area contributed by atoms with Crippen molar-refractivity contribution < 1.29 is 4.74 Å². The molecule has 2 aromatic carbocycles. The average molecular weight is 283 g/mol. The van der Waals surface area contributed by atoms with Gasteiger partial charge in [-0.1, -0.05) is 45.0 Å². The molecule has 112 valence electrons. The molecule has 0 fully saturated rings. The van der Waals surface area contributed by atoms with Crippen LogP contribution in [0.4, 0.5) is 5.69 Å². The Morgan fingerprint density at radius 3 is 2.48 bits per heavy atom. The average Bonchev–Trinajstić information content (AvgIpc) is 2.43. The lowest BCUT2D eigenvalue weighted by molar-refractivity contribution is 0.310. The first-order valence-electron chi connectivity index (χ1n) is 7.53. The molecule has 0 aliphatic carbocycles. The van der Waals surface area contributed by atoms with Gasteiger partial charge in [0, 0.05) is 5.69 Å². The summed E-state index contributed by atoms with van der Waals surface area (Å²) in [6.07, 6.45) is 1.98. The van der Waals surface area contributed by atoms with Crippen LogP contribution in [0.1, 0.15) is 38.3 Å². The molecule has 2 aromatic rings. The fourth-order valence-corrected chi connectivity index (χ4v) is 2.27. The molecule has 0 atom stereocenters. The molecule has 0 radical (unpaired) electrons. The molecule has 0 aliphatic heterocycles. The van der Waals surface area contributed by atoms with Gasteiger partial charge in [-0.15, -0.1) is 0 Å². The zero-order valence-corrected chi connectivity index (χ0v) is 13.2. The second-order valence-electron chi connectivity index (χ2n) is 6.47. The van der Waals surface area contributed by atoms with Gasteiger partial charge in [-0.25, -0.2) is 0 Å². The van der Waals surface area contributed by atoms with Crippen molar-refractivity contribution in [1.29, 1.82) is 0 Å². The first-order valence-corrected chi connectivity index (χ1v) is 7.53. The van der Waals surface area contributed by atoms with Crippen LogP contribution in [-0.4, -0.2) is 6.61 Å². The Morgan fingerprint density at radius 1 is 1.00 bits per heavy atom. The molecule has 2 rings (SSSR count). The molecule has 2 nitrogen and oxygen atoms in total. The maximum absolute atomic E-state index is 5.86. The van der Waals surface area contributed by atoms with Crippen LogP contribution < -0.4 is 10.5 Å². The number of nitrogens with two attached hydrogens (primary N) is 1.